The van der Waals surface area contributed by atoms with Crippen molar-refractivity contribution in [3.8, 4) is 0 Å². The maximum atomic E-state index is 12.1. The number of rotatable bonds is 3. The number of hydrogen-bond donors (Lipinski definition) is 2. The maximum Gasteiger partial charge on any atom is 0.185 e. The van der Waals surface area contributed by atoms with E-state index in [1.165, 1.54) is 0 Å². The largest absolute Gasteiger partial charge is 0.511 e. The average Bonchev–Trinajstić information content (AvgIpc) is 2.76. The SMILES string of the molecule is CC(=[NH+]C[C@@H]1CCCO1)C1=C(O)CC(C)(C)CC1=O. The second kappa shape index (κ2) is 5.45. The zero-order chi connectivity index (χ0) is 14.0. The zero-order valence-electron chi connectivity index (χ0n) is 12.1. The molecule has 106 valence electrons. The van der Waals surface area contributed by atoms with Crippen LogP contribution in [-0.4, -0.2) is 35.9 Å². The number of allylic oxidation sites excluding steroid dienone is 2. The molecule has 2 N–H and O–H groups in total. The van der Waals surface area contributed by atoms with Gasteiger partial charge in [0.2, 0.25) is 0 Å². The van der Waals surface area contributed by atoms with Crippen LogP contribution in [0.1, 0.15) is 46.5 Å². The summed E-state index contributed by atoms with van der Waals surface area (Å²) in [6, 6.07) is 0. The van der Waals surface area contributed by atoms with Crippen molar-refractivity contribution in [1.29, 1.82) is 0 Å². The molecule has 0 radical (unpaired) electrons. The lowest BCUT2D eigenvalue weighted by Crippen LogP contribution is -2.76. The summed E-state index contributed by atoms with van der Waals surface area (Å²) in [7, 11) is 0. The van der Waals surface area contributed by atoms with Crippen LogP contribution in [0.5, 0.6) is 0 Å². The first-order valence-electron chi connectivity index (χ1n) is 7.04. The van der Waals surface area contributed by atoms with Gasteiger partial charge in [-0.2, -0.15) is 0 Å². The molecule has 0 aromatic rings. The highest BCUT2D eigenvalue weighted by molar-refractivity contribution is 6.20. The second-order valence-electron chi connectivity index (χ2n) is 6.40. The van der Waals surface area contributed by atoms with Crippen LogP contribution in [0.3, 0.4) is 0 Å². The van der Waals surface area contributed by atoms with Gasteiger partial charge in [-0.05, 0) is 18.3 Å². The fourth-order valence-electron chi connectivity index (χ4n) is 2.87. The molecule has 1 saturated heterocycles. The number of nitrogens with one attached hydrogen (secondary N) is 1. The Morgan fingerprint density at radius 3 is 2.79 bits per heavy atom. The van der Waals surface area contributed by atoms with Gasteiger partial charge in [-0.15, -0.1) is 0 Å². The van der Waals surface area contributed by atoms with E-state index < -0.39 is 0 Å². The van der Waals surface area contributed by atoms with Crippen LogP contribution in [0.25, 0.3) is 0 Å². The van der Waals surface area contributed by atoms with Gasteiger partial charge in [0.25, 0.3) is 0 Å². The van der Waals surface area contributed by atoms with Crippen LogP contribution >= 0.6 is 0 Å². The van der Waals surface area contributed by atoms with Gasteiger partial charge in [0.1, 0.15) is 17.4 Å². The molecular formula is C15H24NO3+. The zero-order valence-corrected chi connectivity index (χ0v) is 12.1. The molecule has 2 aliphatic rings. The highest BCUT2D eigenvalue weighted by atomic mass is 16.5. The first kappa shape index (κ1) is 14.3. The number of carbonyl (C=O) groups is 1. The van der Waals surface area contributed by atoms with Crippen LogP contribution < -0.4 is 4.99 Å². The van der Waals surface area contributed by atoms with Gasteiger partial charge >= 0.3 is 0 Å². The molecule has 1 aliphatic heterocycles. The third-order valence-corrected chi connectivity index (χ3v) is 3.85. The molecule has 1 fully saturated rings. The minimum atomic E-state index is -0.139. The number of ether oxygens (including phenoxy) is 1. The number of hydrogen-bond acceptors (Lipinski definition) is 3. The molecule has 0 aromatic carbocycles. The van der Waals surface area contributed by atoms with Gasteiger partial charge in [-0.3, -0.25) is 4.79 Å². The van der Waals surface area contributed by atoms with E-state index in [4.69, 9.17) is 4.74 Å². The summed E-state index contributed by atoms with van der Waals surface area (Å²) < 4.78 is 5.54. The summed E-state index contributed by atoms with van der Waals surface area (Å²) >= 11 is 0. The van der Waals surface area contributed by atoms with E-state index in [1.807, 2.05) is 20.8 Å². The molecule has 2 rings (SSSR count). The molecule has 0 saturated carbocycles. The topological polar surface area (TPSA) is 60.5 Å². The monoisotopic (exact) mass is 266 g/mol. The summed E-state index contributed by atoms with van der Waals surface area (Å²) in [5, 5.41) is 10.1. The summed E-state index contributed by atoms with van der Waals surface area (Å²) in [5.41, 5.74) is 1.12. The van der Waals surface area contributed by atoms with Crippen molar-refractivity contribution >= 4 is 11.5 Å². The summed E-state index contributed by atoms with van der Waals surface area (Å²) in [5.74, 6) is 0.254. The van der Waals surface area contributed by atoms with Gasteiger partial charge in [0.15, 0.2) is 18.0 Å². The van der Waals surface area contributed by atoms with E-state index in [1.54, 1.807) is 0 Å². The van der Waals surface area contributed by atoms with E-state index in [-0.39, 0.29) is 23.1 Å². The Kier molecular flexibility index (Phi) is 4.09. The van der Waals surface area contributed by atoms with Crippen molar-refractivity contribution in [1.82, 2.24) is 0 Å². The minimum absolute atomic E-state index is 0.0334. The molecule has 19 heavy (non-hydrogen) atoms. The van der Waals surface area contributed by atoms with Crippen LogP contribution in [0, 0.1) is 5.41 Å². The number of carbonyl (C=O) groups excluding carboxylic acids is 1. The standard InChI is InChI=1S/C15H23NO3/c1-10(16-9-11-5-4-6-19-11)14-12(17)7-15(2,3)8-13(14)18/h11,17H,4-9H2,1-3H3/p+1/t11-/m0/s1. The first-order chi connectivity index (χ1) is 8.89. The van der Waals surface area contributed by atoms with Crippen LogP contribution in [0.2, 0.25) is 0 Å². The molecule has 1 aliphatic carbocycles. The van der Waals surface area contributed by atoms with Crippen LogP contribution in [-0.2, 0) is 9.53 Å². The highest BCUT2D eigenvalue weighted by Crippen LogP contribution is 2.35. The third kappa shape index (κ3) is 3.44. The van der Waals surface area contributed by atoms with E-state index in [0.717, 1.165) is 25.2 Å². The quantitative estimate of drug-likeness (QED) is 0.746. The second-order valence-corrected chi connectivity index (χ2v) is 6.40. The van der Waals surface area contributed by atoms with Gasteiger partial charge < -0.3 is 9.84 Å². The van der Waals surface area contributed by atoms with Gasteiger partial charge in [-0.1, -0.05) is 13.8 Å². The highest BCUT2D eigenvalue weighted by Gasteiger charge is 2.35. The van der Waals surface area contributed by atoms with Crippen LogP contribution in [0.15, 0.2) is 11.3 Å². The minimum Gasteiger partial charge on any atom is -0.511 e. The molecular weight excluding hydrogens is 242 g/mol. The van der Waals surface area contributed by atoms with Crippen molar-refractivity contribution in [2.24, 2.45) is 5.41 Å². The molecule has 4 heteroatoms. The van der Waals surface area contributed by atoms with Crippen molar-refractivity contribution in [3.63, 3.8) is 0 Å². The molecule has 4 nitrogen and oxygen atoms in total. The van der Waals surface area contributed by atoms with Crippen molar-refractivity contribution in [2.45, 2.75) is 52.6 Å². The fraction of sp³-hybridized carbons (Fsp3) is 0.733. The molecule has 0 spiro atoms. The predicted octanol–water partition coefficient (Wildman–Crippen LogP) is 0.908. The Labute approximate surface area is 114 Å². The van der Waals surface area contributed by atoms with Crippen molar-refractivity contribution < 1.29 is 19.6 Å². The molecule has 1 atom stereocenters. The number of Topliss-reactive ketones (excluding diaryl/α,β-unsaturated/α-hetero) is 1. The Morgan fingerprint density at radius 2 is 2.21 bits per heavy atom. The number of aliphatic hydroxyl groups excluding tert-OH is 1. The average molecular weight is 266 g/mol. The van der Waals surface area contributed by atoms with E-state index >= 15 is 0 Å². The lowest BCUT2D eigenvalue weighted by atomic mass is 9.76. The Bertz CT molecular complexity index is 429. The van der Waals surface area contributed by atoms with Gasteiger partial charge in [0.05, 0.1) is 0 Å². The molecule has 0 unspecified atom stereocenters. The van der Waals surface area contributed by atoms with Crippen molar-refractivity contribution in [3.05, 3.63) is 11.3 Å². The smallest absolute Gasteiger partial charge is 0.185 e. The van der Waals surface area contributed by atoms with E-state index in [0.29, 0.717) is 25.0 Å². The molecule has 0 aromatic heterocycles. The Hall–Kier alpha value is -1.16. The lowest BCUT2D eigenvalue weighted by Gasteiger charge is -2.28. The Balaban J connectivity index is 2.10. The van der Waals surface area contributed by atoms with E-state index in [9.17, 15) is 9.90 Å². The summed E-state index contributed by atoms with van der Waals surface area (Å²) in [6.07, 6.45) is 3.45. The third-order valence-electron chi connectivity index (χ3n) is 3.85. The van der Waals surface area contributed by atoms with Gasteiger partial charge in [-0.25, -0.2) is 4.99 Å². The normalized spacial score (nSPS) is 28.1. The number of ketones is 1. The fourth-order valence-corrected chi connectivity index (χ4v) is 2.87. The van der Waals surface area contributed by atoms with Crippen molar-refractivity contribution in [2.75, 3.05) is 13.2 Å². The number of aliphatic hydroxyl groups is 1. The first-order valence-corrected chi connectivity index (χ1v) is 7.04. The predicted molar refractivity (Wildman–Crippen MR) is 73.2 cm³/mol. The van der Waals surface area contributed by atoms with Gasteiger partial charge in [0, 0.05) is 26.4 Å². The lowest BCUT2D eigenvalue weighted by molar-refractivity contribution is -0.468. The summed E-state index contributed by atoms with van der Waals surface area (Å²) in [6.45, 7) is 7.41. The van der Waals surface area contributed by atoms with Crippen LogP contribution in [0.4, 0.5) is 0 Å². The Morgan fingerprint density at radius 1 is 1.47 bits per heavy atom. The molecule has 0 bridgehead atoms. The molecule has 1 heterocycles. The van der Waals surface area contributed by atoms with E-state index in [2.05, 4.69) is 4.99 Å². The summed E-state index contributed by atoms with van der Waals surface area (Å²) in [4.78, 5) is 15.4. The molecule has 0 amide bonds. The maximum absolute atomic E-state index is 12.1.